The maximum absolute atomic E-state index is 10.3. The second-order valence-corrected chi connectivity index (χ2v) is 7.03. The van der Waals surface area contributed by atoms with Crippen molar-refractivity contribution in [3.63, 3.8) is 0 Å². The number of rotatable bonds is 6. The molecule has 4 aromatic rings. The van der Waals surface area contributed by atoms with Gasteiger partial charge in [-0.25, -0.2) is 4.98 Å². The molecule has 0 atom stereocenters. The zero-order valence-electron chi connectivity index (χ0n) is 16.8. The number of aliphatic hydroxyl groups is 1. The van der Waals surface area contributed by atoms with Gasteiger partial charge in [0.1, 0.15) is 5.75 Å². The van der Waals surface area contributed by atoms with Crippen molar-refractivity contribution < 1.29 is 14.6 Å². The van der Waals surface area contributed by atoms with Gasteiger partial charge < -0.3 is 19.1 Å². The number of aryl methyl sites for hydroxylation is 1. The highest BCUT2D eigenvalue weighted by Gasteiger charge is 2.19. The minimum Gasteiger partial charge on any atom is -0.497 e. The average molecular weight is 388 g/mol. The van der Waals surface area contributed by atoms with Gasteiger partial charge in [-0.2, -0.15) is 0 Å². The van der Waals surface area contributed by atoms with E-state index in [1.807, 2.05) is 30.3 Å². The molecule has 0 aliphatic rings. The van der Waals surface area contributed by atoms with Gasteiger partial charge in [0.25, 0.3) is 0 Å². The van der Waals surface area contributed by atoms with E-state index in [9.17, 15) is 5.11 Å². The van der Waals surface area contributed by atoms with E-state index in [0.717, 1.165) is 39.0 Å². The molecule has 0 amide bonds. The van der Waals surface area contributed by atoms with Crippen LogP contribution in [-0.2, 0) is 13.2 Å². The molecule has 2 aromatic heterocycles. The van der Waals surface area contributed by atoms with Gasteiger partial charge in [-0.05, 0) is 42.8 Å². The van der Waals surface area contributed by atoms with Crippen LogP contribution in [0.1, 0.15) is 16.8 Å². The van der Waals surface area contributed by atoms with Crippen molar-refractivity contribution in [2.24, 2.45) is 0 Å². The monoisotopic (exact) mass is 388 g/mol. The van der Waals surface area contributed by atoms with Crippen molar-refractivity contribution in [2.45, 2.75) is 20.1 Å². The summed E-state index contributed by atoms with van der Waals surface area (Å²) in [4.78, 5) is 4.36. The van der Waals surface area contributed by atoms with Gasteiger partial charge in [0.2, 0.25) is 5.88 Å². The van der Waals surface area contributed by atoms with Gasteiger partial charge in [-0.1, -0.05) is 23.8 Å². The predicted molar refractivity (Wildman–Crippen MR) is 114 cm³/mol. The molecular formula is C24H24N2O3. The number of methoxy groups -OCH3 is 2. The Kier molecular flexibility index (Phi) is 5.23. The summed E-state index contributed by atoms with van der Waals surface area (Å²) in [6, 6.07) is 18.2. The van der Waals surface area contributed by atoms with Gasteiger partial charge >= 0.3 is 0 Å². The van der Waals surface area contributed by atoms with Gasteiger partial charge in [0, 0.05) is 40.8 Å². The summed E-state index contributed by atoms with van der Waals surface area (Å²) in [5.41, 5.74) is 6.17. The minimum atomic E-state index is -0.0704. The van der Waals surface area contributed by atoms with Crippen LogP contribution in [0.15, 0.2) is 60.8 Å². The Morgan fingerprint density at radius 1 is 1.00 bits per heavy atom. The smallest absolute Gasteiger partial charge is 0.212 e. The second kappa shape index (κ2) is 7.97. The van der Waals surface area contributed by atoms with Crippen LogP contribution in [0.4, 0.5) is 0 Å². The number of aliphatic hydroxyl groups excluding tert-OH is 1. The Labute approximate surface area is 170 Å². The lowest BCUT2D eigenvalue weighted by Gasteiger charge is -2.12. The molecule has 0 spiro atoms. The lowest BCUT2D eigenvalue weighted by atomic mass is 10.0. The van der Waals surface area contributed by atoms with Gasteiger partial charge in [-0.15, -0.1) is 0 Å². The molecule has 2 aromatic carbocycles. The molecule has 29 heavy (non-hydrogen) atoms. The third-order valence-corrected chi connectivity index (χ3v) is 5.19. The number of aromatic nitrogens is 2. The molecule has 0 fully saturated rings. The van der Waals surface area contributed by atoms with Crippen LogP contribution in [0.25, 0.3) is 22.0 Å². The first-order valence-electron chi connectivity index (χ1n) is 9.50. The Balaban J connectivity index is 1.92. The first-order valence-corrected chi connectivity index (χ1v) is 9.50. The quantitative estimate of drug-likeness (QED) is 0.526. The molecule has 0 bridgehead atoms. The summed E-state index contributed by atoms with van der Waals surface area (Å²) < 4.78 is 12.7. The van der Waals surface area contributed by atoms with Crippen LogP contribution in [0.5, 0.6) is 11.6 Å². The van der Waals surface area contributed by atoms with E-state index in [-0.39, 0.29) is 6.61 Å². The SMILES string of the molecule is COc1cccc(Cn2c(CO)c(-c3ccc(OC)nc3)c3cc(C)ccc32)c1. The molecule has 5 nitrogen and oxygen atoms in total. The predicted octanol–water partition coefficient (Wildman–Crippen LogP) is 4.57. The molecule has 4 rings (SSSR count). The van der Waals surface area contributed by atoms with Crippen molar-refractivity contribution in [1.82, 2.24) is 9.55 Å². The topological polar surface area (TPSA) is 56.5 Å². The molecule has 2 heterocycles. The van der Waals surface area contributed by atoms with Gasteiger partial charge in [0.15, 0.2) is 0 Å². The van der Waals surface area contributed by atoms with Crippen LogP contribution < -0.4 is 9.47 Å². The highest BCUT2D eigenvalue weighted by Crippen LogP contribution is 2.36. The first-order chi connectivity index (χ1) is 14.1. The Bertz CT molecular complexity index is 1150. The number of ether oxygens (including phenoxy) is 2. The lowest BCUT2D eigenvalue weighted by Crippen LogP contribution is -2.05. The van der Waals surface area contributed by atoms with Crippen molar-refractivity contribution in [3.8, 4) is 22.8 Å². The van der Waals surface area contributed by atoms with Crippen molar-refractivity contribution in [1.29, 1.82) is 0 Å². The molecule has 0 aliphatic heterocycles. The molecular weight excluding hydrogens is 364 g/mol. The number of nitrogens with zero attached hydrogens (tertiary/aromatic N) is 2. The number of pyridine rings is 1. The Hall–Kier alpha value is -3.31. The highest BCUT2D eigenvalue weighted by molar-refractivity contribution is 5.98. The van der Waals surface area contributed by atoms with E-state index in [1.54, 1.807) is 20.4 Å². The average Bonchev–Trinajstić information content (AvgIpc) is 3.06. The third kappa shape index (κ3) is 3.57. The van der Waals surface area contributed by atoms with E-state index in [4.69, 9.17) is 9.47 Å². The van der Waals surface area contributed by atoms with E-state index in [0.29, 0.717) is 12.4 Å². The van der Waals surface area contributed by atoms with E-state index in [2.05, 4.69) is 40.7 Å². The fraction of sp³-hybridized carbons (Fsp3) is 0.208. The summed E-state index contributed by atoms with van der Waals surface area (Å²) in [6.07, 6.45) is 1.80. The molecule has 0 unspecified atom stereocenters. The van der Waals surface area contributed by atoms with E-state index in [1.165, 1.54) is 5.56 Å². The van der Waals surface area contributed by atoms with Crippen molar-refractivity contribution >= 4 is 10.9 Å². The van der Waals surface area contributed by atoms with Gasteiger partial charge in [-0.3, -0.25) is 0 Å². The number of hydrogen-bond donors (Lipinski definition) is 1. The van der Waals surface area contributed by atoms with Crippen molar-refractivity contribution in [3.05, 3.63) is 77.6 Å². The van der Waals surface area contributed by atoms with E-state index >= 15 is 0 Å². The highest BCUT2D eigenvalue weighted by atomic mass is 16.5. The second-order valence-electron chi connectivity index (χ2n) is 7.03. The maximum atomic E-state index is 10.3. The molecule has 0 radical (unpaired) electrons. The molecule has 148 valence electrons. The van der Waals surface area contributed by atoms with Crippen LogP contribution in [-0.4, -0.2) is 28.9 Å². The van der Waals surface area contributed by atoms with E-state index < -0.39 is 0 Å². The summed E-state index contributed by atoms with van der Waals surface area (Å²) >= 11 is 0. The molecule has 5 heteroatoms. The third-order valence-electron chi connectivity index (χ3n) is 5.19. The largest absolute Gasteiger partial charge is 0.497 e. The molecule has 1 N–H and O–H groups in total. The number of fused-ring (bicyclic) bond motifs is 1. The summed E-state index contributed by atoms with van der Waals surface area (Å²) in [5, 5.41) is 11.4. The minimum absolute atomic E-state index is 0.0704. The first kappa shape index (κ1) is 19.0. The number of benzene rings is 2. The van der Waals surface area contributed by atoms with Gasteiger partial charge in [0.05, 0.1) is 26.5 Å². The van der Waals surface area contributed by atoms with Crippen LogP contribution in [0.2, 0.25) is 0 Å². The van der Waals surface area contributed by atoms with Crippen LogP contribution in [0, 0.1) is 6.92 Å². The fourth-order valence-corrected chi connectivity index (χ4v) is 3.79. The lowest BCUT2D eigenvalue weighted by molar-refractivity contribution is 0.273. The fourth-order valence-electron chi connectivity index (χ4n) is 3.79. The zero-order valence-corrected chi connectivity index (χ0v) is 16.8. The molecule has 0 saturated heterocycles. The number of hydrogen-bond acceptors (Lipinski definition) is 4. The standard InChI is InChI=1S/C24H24N2O3/c1-16-7-9-21-20(11-16)24(18-8-10-23(29-3)25-13-18)22(15-27)26(21)14-17-5-4-6-19(12-17)28-2/h4-13,27H,14-15H2,1-3H3. The summed E-state index contributed by atoms with van der Waals surface area (Å²) in [6.45, 7) is 2.64. The van der Waals surface area contributed by atoms with Crippen LogP contribution >= 0.6 is 0 Å². The Morgan fingerprint density at radius 3 is 2.55 bits per heavy atom. The summed E-state index contributed by atoms with van der Waals surface area (Å²) in [5.74, 6) is 1.38. The maximum Gasteiger partial charge on any atom is 0.212 e. The Morgan fingerprint density at radius 2 is 1.86 bits per heavy atom. The summed E-state index contributed by atoms with van der Waals surface area (Å²) in [7, 11) is 3.27. The van der Waals surface area contributed by atoms with Crippen molar-refractivity contribution in [2.75, 3.05) is 14.2 Å². The van der Waals surface area contributed by atoms with Crippen LogP contribution in [0.3, 0.4) is 0 Å². The zero-order chi connectivity index (χ0) is 20.4. The molecule has 0 saturated carbocycles. The molecule has 0 aliphatic carbocycles. The normalized spacial score (nSPS) is 11.0.